The average Bonchev–Trinajstić information content (AvgIpc) is 2.53. The van der Waals surface area contributed by atoms with Crippen LogP contribution in [-0.4, -0.2) is 12.9 Å². The summed E-state index contributed by atoms with van der Waals surface area (Å²) in [6, 6.07) is 13.3. The highest BCUT2D eigenvalue weighted by Crippen LogP contribution is 2.24. The van der Waals surface area contributed by atoms with E-state index in [1.165, 1.54) is 24.3 Å². The molecule has 1 unspecified atom stereocenters. The van der Waals surface area contributed by atoms with Crippen molar-refractivity contribution < 1.29 is 13.9 Å². The number of hydrogen-bond acceptors (Lipinski definition) is 2. The summed E-state index contributed by atoms with van der Waals surface area (Å²) in [6.07, 6.45) is 0.963. The molecule has 2 aromatic carbocycles. The molecule has 0 N–H and O–H groups in total. The number of ketones is 1. The number of alkyl halides is 1. The summed E-state index contributed by atoms with van der Waals surface area (Å²) < 4.78 is 17.9. The SMILES string of the molecule is COc1ccc(CCC(=O)C(Cl)c2ccc(F)cc2)cc1. The van der Waals surface area contributed by atoms with Gasteiger partial charge in [0.25, 0.3) is 0 Å². The predicted molar refractivity (Wildman–Crippen MR) is 81.3 cm³/mol. The molecule has 0 fully saturated rings. The Morgan fingerprint density at radius 2 is 1.76 bits per heavy atom. The Labute approximate surface area is 128 Å². The van der Waals surface area contributed by atoms with Crippen LogP contribution in [0.3, 0.4) is 0 Å². The van der Waals surface area contributed by atoms with Crippen LogP contribution < -0.4 is 4.74 Å². The number of benzene rings is 2. The molecule has 2 rings (SSSR count). The van der Waals surface area contributed by atoms with Crippen molar-refractivity contribution in [3.63, 3.8) is 0 Å². The van der Waals surface area contributed by atoms with Gasteiger partial charge in [-0.3, -0.25) is 4.79 Å². The first-order chi connectivity index (χ1) is 10.1. The first kappa shape index (κ1) is 15.5. The molecule has 4 heteroatoms. The van der Waals surface area contributed by atoms with E-state index in [4.69, 9.17) is 16.3 Å². The summed E-state index contributed by atoms with van der Waals surface area (Å²) in [4.78, 5) is 12.1. The van der Waals surface area contributed by atoms with E-state index in [-0.39, 0.29) is 11.6 Å². The number of halogens is 2. The second-order valence-electron chi connectivity index (χ2n) is 4.73. The minimum atomic E-state index is -0.733. The number of hydrogen-bond donors (Lipinski definition) is 0. The van der Waals surface area contributed by atoms with Gasteiger partial charge in [0.2, 0.25) is 0 Å². The van der Waals surface area contributed by atoms with Gasteiger partial charge in [0.15, 0.2) is 5.78 Å². The van der Waals surface area contributed by atoms with Gasteiger partial charge in [-0.15, -0.1) is 11.6 Å². The Morgan fingerprint density at radius 1 is 1.14 bits per heavy atom. The van der Waals surface area contributed by atoms with Crippen molar-refractivity contribution in [3.05, 3.63) is 65.5 Å². The van der Waals surface area contributed by atoms with Gasteiger partial charge < -0.3 is 4.74 Å². The molecule has 0 aromatic heterocycles. The van der Waals surface area contributed by atoms with Crippen molar-refractivity contribution in [3.8, 4) is 5.75 Å². The van der Waals surface area contributed by atoms with E-state index in [0.29, 0.717) is 18.4 Å². The first-order valence-corrected chi connectivity index (χ1v) is 7.09. The largest absolute Gasteiger partial charge is 0.497 e. The number of aryl methyl sites for hydroxylation is 1. The van der Waals surface area contributed by atoms with Crippen LogP contribution in [0.15, 0.2) is 48.5 Å². The van der Waals surface area contributed by atoms with E-state index in [1.807, 2.05) is 24.3 Å². The molecule has 0 aliphatic heterocycles. The molecule has 21 heavy (non-hydrogen) atoms. The lowest BCUT2D eigenvalue weighted by Crippen LogP contribution is -2.08. The monoisotopic (exact) mass is 306 g/mol. The quantitative estimate of drug-likeness (QED) is 0.743. The van der Waals surface area contributed by atoms with Crippen molar-refractivity contribution in [1.82, 2.24) is 0 Å². The number of rotatable bonds is 6. The van der Waals surface area contributed by atoms with Crippen LogP contribution in [0, 0.1) is 5.82 Å². The smallest absolute Gasteiger partial charge is 0.155 e. The number of Topliss-reactive ketones (excluding diaryl/α,β-unsaturated/α-hetero) is 1. The number of carbonyl (C=O) groups is 1. The van der Waals surface area contributed by atoms with E-state index in [0.717, 1.165) is 11.3 Å². The highest BCUT2D eigenvalue weighted by Gasteiger charge is 2.17. The lowest BCUT2D eigenvalue weighted by atomic mass is 10.0. The predicted octanol–water partition coefficient (Wildman–Crippen LogP) is 4.32. The Morgan fingerprint density at radius 3 is 2.33 bits per heavy atom. The Balaban J connectivity index is 1.92. The van der Waals surface area contributed by atoms with Crippen molar-refractivity contribution in [1.29, 1.82) is 0 Å². The number of carbonyl (C=O) groups excluding carboxylic acids is 1. The summed E-state index contributed by atoms with van der Waals surface area (Å²) in [5.41, 5.74) is 1.67. The Kier molecular flexibility index (Phi) is 5.34. The van der Waals surface area contributed by atoms with Gasteiger partial charge in [-0.25, -0.2) is 4.39 Å². The fourth-order valence-corrected chi connectivity index (χ4v) is 2.26. The summed E-state index contributed by atoms with van der Waals surface area (Å²) in [5.74, 6) is 0.374. The molecule has 0 saturated carbocycles. The van der Waals surface area contributed by atoms with Crippen LogP contribution in [0.1, 0.15) is 22.9 Å². The molecule has 2 nitrogen and oxygen atoms in total. The molecule has 0 amide bonds. The second kappa shape index (κ2) is 7.23. The molecule has 0 aliphatic carbocycles. The molecule has 110 valence electrons. The molecular formula is C17H16ClFO2. The maximum Gasteiger partial charge on any atom is 0.155 e. The number of methoxy groups -OCH3 is 1. The third-order valence-corrected chi connectivity index (χ3v) is 3.76. The van der Waals surface area contributed by atoms with Crippen LogP contribution in [0.5, 0.6) is 5.75 Å². The summed E-state index contributed by atoms with van der Waals surface area (Å²) in [7, 11) is 1.61. The van der Waals surface area contributed by atoms with Gasteiger partial charge in [0.1, 0.15) is 16.9 Å². The molecular weight excluding hydrogens is 291 g/mol. The van der Waals surface area contributed by atoms with E-state index < -0.39 is 5.38 Å². The summed E-state index contributed by atoms with van der Waals surface area (Å²) in [6.45, 7) is 0. The van der Waals surface area contributed by atoms with E-state index >= 15 is 0 Å². The lowest BCUT2D eigenvalue weighted by molar-refractivity contribution is -0.118. The fourth-order valence-electron chi connectivity index (χ4n) is 2.00. The third-order valence-electron chi connectivity index (χ3n) is 3.26. The molecule has 0 spiro atoms. The maximum absolute atomic E-state index is 12.8. The van der Waals surface area contributed by atoms with Gasteiger partial charge in [0.05, 0.1) is 7.11 Å². The summed E-state index contributed by atoms with van der Waals surface area (Å²) >= 11 is 6.13. The normalized spacial score (nSPS) is 12.0. The van der Waals surface area contributed by atoms with Gasteiger partial charge in [-0.05, 0) is 41.8 Å². The maximum atomic E-state index is 12.8. The zero-order valence-corrected chi connectivity index (χ0v) is 12.4. The van der Waals surface area contributed by atoms with E-state index in [2.05, 4.69) is 0 Å². The van der Waals surface area contributed by atoms with Crippen molar-refractivity contribution >= 4 is 17.4 Å². The first-order valence-electron chi connectivity index (χ1n) is 6.65. The molecule has 0 aliphatic rings. The van der Waals surface area contributed by atoms with Gasteiger partial charge in [-0.2, -0.15) is 0 Å². The Hall–Kier alpha value is -1.87. The van der Waals surface area contributed by atoms with Crippen LogP contribution in [-0.2, 0) is 11.2 Å². The summed E-state index contributed by atoms with van der Waals surface area (Å²) in [5, 5.41) is -0.733. The third kappa shape index (κ3) is 4.30. The number of ether oxygens (including phenoxy) is 1. The van der Waals surface area contributed by atoms with Gasteiger partial charge >= 0.3 is 0 Å². The van der Waals surface area contributed by atoms with E-state index in [9.17, 15) is 9.18 Å². The van der Waals surface area contributed by atoms with Crippen LogP contribution in [0.2, 0.25) is 0 Å². The standard InChI is InChI=1S/C17H16ClFO2/c1-21-15-9-2-12(3-10-15)4-11-16(20)17(18)13-5-7-14(19)8-6-13/h2-3,5-10,17H,4,11H2,1H3. The van der Waals surface area contributed by atoms with Gasteiger partial charge in [0, 0.05) is 6.42 Å². The molecule has 2 aromatic rings. The molecule has 0 saturated heterocycles. The molecule has 0 radical (unpaired) electrons. The molecule has 0 bridgehead atoms. The molecule has 0 heterocycles. The van der Waals surface area contributed by atoms with Gasteiger partial charge in [-0.1, -0.05) is 24.3 Å². The molecule has 1 atom stereocenters. The lowest BCUT2D eigenvalue weighted by Gasteiger charge is -2.09. The van der Waals surface area contributed by atoms with Crippen molar-refractivity contribution in [2.75, 3.05) is 7.11 Å². The zero-order chi connectivity index (χ0) is 15.2. The highest BCUT2D eigenvalue weighted by molar-refractivity contribution is 6.31. The minimum absolute atomic E-state index is 0.0703. The van der Waals surface area contributed by atoms with Crippen LogP contribution in [0.4, 0.5) is 4.39 Å². The van der Waals surface area contributed by atoms with E-state index in [1.54, 1.807) is 7.11 Å². The fraction of sp³-hybridized carbons (Fsp3) is 0.235. The topological polar surface area (TPSA) is 26.3 Å². The van der Waals surface area contributed by atoms with Crippen LogP contribution in [0.25, 0.3) is 0 Å². The zero-order valence-electron chi connectivity index (χ0n) is 11.7. The van der Waals surface area contributed by atoms with Crippen molar-refractivity contribution in [2.24, 2.45) is 0 Å². The minimum Gasteiger partial charge on any atom is -0.497 e. The van der Waals surface area contributed by atoms with Crippen molar-refractivity contribution in [2.45, 2.75) is 18.2 Å². The highest BCUT2D eigenvalue weighted by atomic mass is 35.5. The average molecular weight is 307 g/mol. The van der Waals surface area contributed by atoms with Crippen LogP contribution >= 0.6 is 11.6 Å². The second-order valence-corrected chi connectivity index (χ2v) is 5.16. The Bertz CT molecular complexity index is 593.